The molecule has 0 aromatic carbocycles. The summed E-state index contributed by atoms with van der Waals surface area (Å²) in [6.45, 7) is 5.19. The van der Waals surface area contributed by atoms with Gasteiger partial charge in [0.15, 0.2) is 5.65 Å². The Hall–Kier alpha value is -1.69. The van der Waals surface area contributed by atoms with E-state index in [1.807, 2.05) is 12.1 Å². The van der Waals surface area contributed by atoms with Crippen molar-refractivity contribution in [1.82, 2.24) is 25.1 Å². The predicted octanol–water partition coefficient (Wildman–Crippen LogP) is -0.0776. The Kier molecular flexibility index (Phi) is 2.21. The molecule has 6 heteroatoms. The average molecular weight is 218 g/mol. The minimum atomic E-state index is 0.468. The molecule has 0 aliphatic carbocycles. The molecule has 3 heterocycles. The summed E-state index contributed by atoms with van der Waals surface area (Å²) in [4.78, 5) is 2.30. The van der Waals surface area contributed by atoms with Crippen LogP contribution in [0.3, 0.4) is 0 Å². The SMILES string of the molecule is C[C@@H]1CNCCN1c1ccc2nncn2n1. The standard InChI is InChI=1S/C10H14N6/c1-8-6-11-4-5-15(8)10-3-2-9-13-12-7-16(9)14-10/h2-3,7-8,11H,4-6H2,1H3/t8-/m1/s1. The third-order valence-electron chi connectivity index (χ3n) is 2.94. The van der Waals surface area contributed by atoms with Crippen LogP contribution in [0, 0.1) is 0 Å². The van der Waals surface area contributed by atoms with Crippen LogP contribution in [0.15, 0.2) is 18.5 Å². The van der Waals surface area contributed by atoms with Gasteiger partial charge in [0.05, 0.1) is 0 Å². The van der Waals surface area contributed by atoms with Crippen molar-refractivity contribution in [1.29, 1.82) is 0 Å². The average Bonchev–Trinajstić information content (AvgIpc) is 2.76. The molecule has 0 unspecified atom stereocenters. The lowest BCUT2D eigenvalue weighted by Crippen LogP contribution is -2.50. The van der Waals surface area contributed by atoms with Crippen LogP contribution in [-0.4, -0.2) is 45.5 Å². The molecule has 0 saturated carbocycles. The molecule has 1 aliphatic rings. The van der Waals surface area contributed by atoms with E-state index in [0.717, 1.165) is 31.1 Å². The maximum Gasteiger partial charge on any atom is 0.177 e. The smallest absolute Gasteiger partial charge is 0.177 e. The minimum absolute atomic E-state index is 0.468. The molecular weight excluding hydrogens is 204 g/mol. The second-order valence-electron chi connectivity index (χ2n) is 4.07. The van der Waals surface area contributed by atoms with Crippen LogP contribution in [0.5, 0.6) is 0 Å². The van der Waals surface area contributed by atoms with Crippen LogP contribution >= 0.6 is 0 Å². The van der Waals surface area contributed by atoms with Crippen LogP contribution in [0.4, 0.5) is 5.82 Å². The Morgan fingerprint density at radius 3 is 3.25 bits per heavy atom. The van der Waals surface area contributed by atoms with Gasteiger partial charge in [0.1, 0.15) is 12.1 Å². The maximum atomic E-state index is 4.50. The molecule has 84 valence electrons. The number of hydrogen-bond donors (Lipinski definition) is 1. The van der Waals surface area contributed by atoms with Gasteiger partial charge in [-0.15, -0.1) is 15.3 Å². The Balaban J connectivity index is 1.97. The van der Waals surface area contributed by atoms with Crippen LogP contribution < -0.4 is 10.2 Å². The molecule has 6 nitrogen and oxygen atoms in total. The molecule has 0 bridgehead atoms. The first-order valence-electron chi connectivity index (χ1n) is 5.49. The van der Waals surface area contributed by atoms with Gasteiger partial charge in [-0.3, -0.25) is 0 Å². The van der Waals surface area contributed by atoms with E-state index in [1.165, 1.54) is 0 Å². The molecular formula is C10H14N6. The van der Waals surface area contributed by atoms with E-state index in [-0.39, 0.29) is 0 Å². The lowest BCUT2D eigenvalue weighted by molar-refractivity contribution is 0.495. The summed E-state index contributed by atoms with van der Waals surface area (Å²) in [5.74, 6) is 0.987. The van der Waals surface area contributed by atoms with E-state index in [9.17, 15) is 0 Å². The highest BCUT2D eigenvalue weighted by Gasteiger charge is 2.19. The zero-order chi connectivity index (χ0) is 11.0. The van der Waals surface area contributed by atoms with Crippen LogP contribution in [0.1, 0.15) is 6.92 Å². The number of anilines is 1. The number of nitrogens with one attached hydrogen (secondary N) is 1. The van der Waals surface area contributed by atoms with Crippen molar-refractivity contribution in [2.45, 2.75) is 13.0 Å². The molecule has 1 saturated heterocycles. The molecule has 1 aliphatic heterocycles. The van der Waals surface area contributed by atoms with Crippen molar-refractivity contribution in [3.8, 4) is 0 Å². The number of piperazine rings is 1. The molecule has 2 aromatic heterocycles. The summed E-state index contributed by atoms with van der Waals surface area (Å²) in [5, 5.41) is 15.6. The van der Waals surface area contributed by atoms with Crippen LogP contribution in [0.2, 0.25) is 0 Å². The van der Waals surface area contributed by atoms with E-state index in [4.69, 9.17) is 0 Å². The third-order valence-corrected chi connectivity index (χ3v) is 2.94. The summed E-state index contributed by atoms with van der Waals surface area (Å²) in [7, 11) is 0. The van der Waals surface area contributed by atoms with Crippen molar-refractivity contribution >= 4 is 11.5 Å². The second-order valence-corrected chi connectivity index (χ2v) is 4.07. The molecule has 1 fully saturated rings. The van der Waals surface area contributed by atoms with E-state index in [2.05, 4.69) is 32.4 Å². The van der Waals surface area contributed by atoms with E-state index in [0.29, 0.717) is 6.04 Å². The van der Waals surface area contributed by atoms with Crippen molar-refractivity contribution < 1.29 is 0 Å². The van der Waals surface area contributed by atoms with Gasteiger partial charge >= 0.3 is 0 Å². The molecule has 0 spiro atoms. The summed E-state index contributed by atoms with van der Waals surface area (Å²) >= 11 is 0. The Morgan fingerprint density at radius 2 is 2.38 bits per heavy atom. The van der Waals surface area contributed by atoms with Crippen molar-refractivity contribution in [2.75, 3.05) is 24.5 Å². The lowest BCUT2D eigenvalue weighted by atomic mass is 10.2. The van der Waals surface area contributed by atoms with Gasteiger partial charge in [0.2, 0.25) is 0 Å². The first-order chi connectivity index (χ1) is 7.84. The monoisotopic (exact) mass is 218 g/mol. The fourth-order valence-corrected chi connectivity index (χ4v) is 2.05. The summed E-state index contributed by atoms with van der Waals surface area (Å²) in [5.41, 5.74) is 0.784. The first-order valence-corrected chi connectivity index (χ1v) is 5.49. The highest BCUT2D eigenvalue weighted by Crippen LogP contribution is 2.15. The Bertz CT molecular complexity index is 493. The third kappa shape index (κ3) is 1.51. The van der Waals surface area contributed by atoms with Gasteiger partial charge in [0, 0.05) is 25.7 Å². The zero-order valence-electron chi connectivity index (χ0n) is 9.17. The highest BCUT2D eigenvalue weighted by molar-refractivity contribution is 5.46. The van der Waals surface area contributed by atoms with Gasteiger partial charge in [0.25, 0.3) is 0 Å². The summed E-state index contributed by atoms with van der Waals surface area (Å²) in [6, 6.07) is 4.42. The number of aromatic nitrogens is 4. The largest absolute Gasteiger partial charge is 0.350 e. The van der Waals surface area contributed by atoms with E-state index >= 15 is 0 Å². The number of fused-ring (bicyclic) bond motifs is 1. The van der Waals surface area contributed by atoms with Crippen molar-refractivity contribution in [3.05, 3.63) is 18.5 Å². The van der Waals surface area contributed by atoms with Crippen LogP contribution in [-0.2, 0) is 0 Å². The normalized spacial score (nSPS) is 21.6. The summed E-state index contributed by atoms with van der Waals surface area (Å²) in [6.07, 6.45) is 1.63. The highest BCUT2D eigenvalue weighted by atomic mass is 15.4. The van der Waals surface area contributed by atoms with Gasteiger partial charge in [-0.05, 0) is 19.1 Å². The maximum absolute atomic E-state index is 4.50. The minimum Gasteiger partial charge on any atom is -0.350 e. The Labute approximate surface area is 93.3 Å². The summed E-state index contributed by atoms with van der Waals surface area (Å²) < 4.78 is 1.71. The molecule has 1 N–H and O–H groups in total. The molecule has 1 atom stereocenters. The fourth-order valence-electron chi connectivity index (χ4n) is 2.05. The van der Waals surface area contributed by atoms with Gasteiger partial charge in [-0.1, -0.05) is 0 Å². The second kappa shape index (κ2) is 3.71. The molecule has 2 aromatic rings. The quantitative estimate of drug-likeness (QED) is 0.725. The molecule has 3 rings (SSSR count). The molecule has 16 heavy (non-hydrogen) atoms. The van der Waals surface area contributed by atoms with Crippen molar-refractivity contribution in [3.63, 3.8) is 0 Å². The van der Waals surface area contributed by atoms with Gasteiger partial charge in [-0.25, -0.2) is 0 Å². The van der Waals surface area contributed by atoms with Crippen molar-refractivity contribution in [2.24, 2.45) is 0 Å². The topological polar surface area (TPSA) is 58.3 Å². The number of hydrogen-bond acceptors (Lipinski definition) is 5. The van der Waals surface area contributed by atoms with Crippen LogP contribution in [0.25, 0.3) is 5.65 Å². The first kappa shape index (κ1) is 9.53. The number of nitrogens with zero attached hydrogens (tertiary/aromatic N) is 5. The number of rotatable bonds is 1. The molecule has 0 radical (unpaired) electrons. The predicted molar refractivity (Wildman–Crippen MR) is 60.5 cm³/mol. The molecule has 0 amide bonds. The van der Waals surface area contributed by atoms with E-state index < -0.39 is 0 Å². The zero-order valence-corrected chi connectivity index (χ0v) is 9.17. The fraction of sp³-hybridized carbons (Fsp3) is 0.500. The Morgan fingerprint density at radius 1 is 1.44 bits per heavy atom. The van der Waals surface area contributed by atoms with Gasteiger partial charge in [-0.2, -0.15) is 4.52 Å². The lowest BCUT2D eigenvalue weighted by Gasteiger charge is -2.34. The van der Waals surface area contributed by atoms with Gasteiger partial charge < -0.3 is 10.2 Å². The van der Waals surface area contributed by atoms with E-state index in [1.54, 1.807) is 10.8 Å².